The molecule has 2 amide bonds. The number of ether oxygens (including phenoxy) is 1. The first kappa shape index (κ1) is 16.0. The Morgan fingerprint density at radius 2 is 2.35 bits per heavy atom. The lowest BCUT2D eigenvalue weighted by Crippen LogP contribution is -2.47. The van der Waals surface area contributed by atoms with Crippen LogP contribution in [0.2, 0.25) is 0 Å². The zero-order valence-electron chi connectivity index (χ0n) is 13.5. The van der Waals surface area contributed by atoms with Crippen molar-refractivity contribution in [2.45, 2.75) is 32.9 Å². The Balaban J connectivity index is 1.64. The van der Waals surface area contributed by atoms with Gasteiger partial charge in [0, 0.05) is 17.0 Å². The van der Waals surface area contributed by atoms with Gasteiger partial charge in [0.2, 0.25) is 0 Å². The number of thiophene rings is 1. The molecular weight excluding hydrogens is 314 g/mol. The Hall–Kier alpha value is -1.86. The smallest absolute Gasteiger partial charge is 0.318 e. The molecule has 0 radical (unpaired) electrons. The fourth-order valence-corrected chi connectivity index (χ4v) is 3.70. The lowest BCUT2D eigenvalue weighted by molar-refractivity contribution is -0.0138. The van der Waals surface area contributed by atoms with E-state index in [4.69, 9.17) is 9.26 Å². The first-order chi connectivity index (χ1) is 11.1. The van der Waals surface area contributed by atoms with Gasteiger partial charge in [0.1, 0.15) is 11.9 Å². The predicted molar refractivity (Wildman–Crippen MR) is 87.5 cm³/mol. The van der Waals surface area contributed by atoms with Gasteiger partial charge in [0.15, 0.2) is 0 Å². The lowest BCUT2D eigenvalue weighted by atomic mass is 10.1. The minimum Gasteiger partial charge on any atom is -0.369 e. The van der Waals surface area contributed by atoms with Crippen LogP contribution >= 0.6 is 11.3 Å². The topological polar surface area (TPSA) is 67.6 Å². The quantitative estimate of drug-likeness (QED) is 0.935. The molecule has 3 rings (SSSR count). The fraction of sp³-hybridized carbons (Fsp3) is 0.500. The van der Waals surface area contributed by atoms with Crippen LogP contribution in [0.3, 0.4) is 0 Å². The van der Waals surface area contributed by atoms with Gasteiger partial charge >= 0.3 is 6.03 Å². The highest BCUT2D eigenvalue weighted by atomic mass is 32.1. The highest BCUT2D eigenvalue weighted by molar-refractivity contribution is 7.10. The summed E-state index contributed by atoms with van der Waals surface area (Å²) in [6, 6.07) is 3.82. The molecule has 7 heteroatoms. The molecule has 2 unspecified atom stereocenters. The number of morpholine rings is 1. The highest BCUT2D eigenvalue weighted by Crippen LogP contribution is 2.26. The maximum atomic E-state index is 12.6. The van der Waals surface area contributed by atoms with Gasteiger partial charge in [-0.1, -0.05) is 11.2 Å². The lowest BCUT2D eigenvalue weighted by Gasteiger charge is -2.33. The monoisotopic (exact) mass is 335 g/mol. The number of aromatic nitrogens is 1. The van der Waals surface area contributed by atoms with Crippen molar-refractivity contribution in [3.05, 3.63) is 39.4 Å². The number of carbonyl (C=O) groups excluding carboxylic acids is 1. The Labute approximate surface area is 139 Å². The molecule has 2 atom stereocenters. The average Bonchev–Trinajstić information content (AvgIpc) is 3.17. The Morgan fingerprint density at radius 1 is 1.52 bits per heavy atom. The molecule has 2 aromatic heterocycles. The summed E-state index contributed by atoms with van der Waals surface area (Å²) in [5.41, 5.74) is 1.76. The standard InChI is InChI=1S/C16H21N3O3S/c1-10(15-11(2)18-22-12(15)3)17-16(20)19-6-7-21-13(9-19)14-5-4-8-23-14/h4-5,8,10,13H,6-7,9H2,1-3H3,(H,17,20). The zero-order chi connectivity index (χ0) is 16.4. The Morgan fingerprint density at radius 3 is 3.00 bits per heavy atom. The SMILES string of the molecule is Cc1noc(C)c1C(C)NC(=O)N1CCOC(c2cccs2)C1. The summed E-state index contributed by atoms with van der Waals surface area (Å²) in [6.07, 6.45) is -0.0381. The van der Waals surface area contributed by atoms with Gasteiger partial charge in [-0.3, -0.25) is 0 Å². The molecule has 2 aromatic rings. The van der Waals surface area contributed by atoms with Crippen molar-refractivity contribution in [2.24, 2.45) is 0 Å². The maximum absolute atomic E-state index is 12.6. The van der Waals surface area contributed by atoms with Gasteiger partial charge in [-0.25, -0.2) is 4.79 Å². The predicted octanol–water partition coefficient (Wildman–Crippen LogP) is 3.20. The summed E-state index contributed by atoms with van der Waals surface area (Å²) in [5, 5.41) is 9.00. The summed E-state index contributed by atoms with van der Waals surface area (Å²) >= 11 is 1.66. The van der Waals surface area contributed by atoms with E-state index in [-0.39, 0.29) is 18.2 Å². The van der Waals surface area contributed by atoms with E-state index in [0.717, 1.165) is 21.9 Å². The summed E-state index contributed by atoms with van der Waals surface area (Å²) < 4.78 is 11.0. The van der Waals surface area contributed by atoms with E-state index < -0.39 is 0 Å². The second-order valence-electron chi connectivity index (χ2n) is 5.73. The number of hydrogen-bond donors (Lipinski definition) is 1. The number of hydrogen-bond acceptors (Lipinski definition) is 5. The van der Waals surface area contributed by atoms with E-state index in [0.29, 0.717) is 19.7 Å². The van der Waals surface area contributed by atoms with E-state index in [1.165, 1.54) is 0 Å². The van der Waals surface area contributed by atoms with Crippen molar-refractivity contribution in [1.82, 2.24) is 15.4 Å². The van der Waals surface area contributed by atoms with Gasteiger partial charge in [-0.2, -0.15) is 0 Å². The second kappa shape index (κ2) is 6.72. The molecule has 6 nitrogen and oxygen atoms in total. The molecule has 0 aliphatic carbocycles. The van der Waals surface area contributed by atoms with Crippen LogP contribution in [-0.4, -0.2) is 35.8 Å². The number of aryl methyl sites for hydroxylation is 2. The molecule has 1 N–H and O–H groups in total. The van der Waals surface area contributed by atoms with Gasteiger partial charge in [0.25, 0.3) is 0 Å². The highest BCUT2D eigenvalue weighted by Gasteiger charge is 2.27. The van der Waals surface area contributed by atoms with E-state index in [1.54, 1.807) is 11.3 Å². The van der Waals surface area contributed by atoms with Crippen LogP contribution in [0.15, 0.2) is 22.0 Å². The van der Waals surface area contributed by atoms with Crippen LogP contribution in [0.25, 0.3) is 0 Å². The van der Waals surface area contributed by atoms with Gasteiger partial charge in [-0.15, -0.1) is 11.3 Å². The van der Waals surface area contributed by atoms with Crippen LogP contribution < -0.4 is 5.32 Å². The second-order valence-corrected chi connectivity index (χ2v) is 6.71. The molecular formula is C16H21N3O3S. The Bertz CT molecular complexity index is 649. The summed E-state index contributed by atoms with van der Waals surface area (Å²) in [5.74, 6) is 0.744. The van der Waals surface area contributed by atoms with Gasteiger partial charge in [-0.05, 0) is 32.2 Å². The van der Waals surface area contributed by atoms with E-state index in [1.807, 2.05) is 43.2 Å². The number of nitrogens with zero attached hydrogens (tertiary/aromatic N) is 2. The summed E-state index contributed by atoms with van der Waals surface area (Å²) in [4.78, 5) is 15.5. The molecule has 3 heterocycles. The van der Waals surface area contributed by atoms with Crippen LogP contribution in [0, 0.1) is 13.8 Å². The fourth-order valence-electron chi connectivity index (χ4n) is 2.94. The number of rotatable bonds is 3. The molecule has 1 aliphatic heterocycles. The first-order valence-corrected chi connectivity index (χ1v) is 8.57. The van der Waals surface area contributed by atoms with Crippen LogP contribution in [0.1, 0.15) is 41.0 Å². The Kier molecular flexibility index (Phi) is 4.68. The molecule has 1 aliphatic rings. The molecule has 124 valence electrons. The van der Waals surface area contributed by atoms with Crippen molar-refractivity contribution < 1.29 is 14.1 Å². The van der Waals surface area contributed by atoms with Gasteiger partial charge in [0.05, 0.1) is 24.9 Å². The van der Waals surface area contributed by atoms with E-state index in [2.05, 4.69) is 10.5 Å². The molecule has 0 aromatic carbocycles. The largest absolute Gasteiger partial charge is 0.369 e. The number of urea groups is 1. The van der Waals surface area contributed by atoms with E-state index >= 15 is 0 Å². The van der Waals surface area contributed by atoms with Crippen molar-refractivity contribution in [3.8, 4) is 0 Å². The molecule has 23 heavy (non-hydrogen) atoms. The van der Waals surface area contributed by atoms with Crippen molar-refractivity contribution >= 4 is 17.4 Å². The van der Waals surface area contributed by atoms with Crippen LogP contribution in [-0.2, 0) is 4.74 Å². The first-order valence-electron chi connectivity index (χ1n) is 7.69. The zero-order valence-corrected chi connectivity index (χ0v) is 14.4. The van der Waals surface area contributed by atoms with Crippen LogP contribution in [0.4, 0.5) is 4.79 Å². The molecule has 1 saturated heterocycles. The number of carbonyl (C=O) groups is 1. The molecule has 0 bridgehead atoms. The van der Waals surface area contributed by atoms with Gasteiger partial charge < -0.3 is 19.5 Å². The maximum Gasteiger partial charge on any atom is 0.318 e. The number of nitrogens with one attached hydrogen (secondary N) is 1. The minimum absolute atomic E-state index is 0.0381. The third kappa shape index (κ3) is 3.40. The van der Waals surface area contributed by atoms with E-state index in [9.17, 15) is 4.79 Å². The number of amides is 2. The summed E-state index contributed by atoms with van der Waals surface area (Å²) in [6.45, 7) is 7.41. The summed E-state index contributed by atoms with van der Waals surface area (Å²) in [7, 11) is 0. The van der Waals surface area contributed by atoms with Crippen molar-refractivity contribution in [3.63, 3.8) is 0 Å². The average molecular weight is 335 g/mol. The van der Waals surface area contributed by atoms with Crippen LogP contribution in [0.5, 0.6) is 0 Å². The molecule has 1 fully saturated rings. The van der Waals surface area contributed by atoms with Crippen molar-refractivity contribution in [2.75, 3.05) is 19.7 Å². The molecule has 0 saturated carbocycles. The van der Waals surface area contributed by atoms with Crippen molar-refractivity contribution in [1.29, 1.82) is 0 Å². The normalized spacial score (nSPS) is 19.6. The third-order valence-electron chi connectivity index (χ3n) is 4.08. The molecule has 0 spiro atoms. The third-order valence-corrected chi connectivity index (χ3v) is 5.04. The minimum atomic E-state index is -0.142.